The number of nitriles is 1. The van der Waals surface area contributed by atoms with Gasteiger partial charge < -0.3 is 5.32 Å². The molecular formula is C10H8ClFN2. The number of hydrogen-bond acceptors (Lipinski definition) is 2. The minimum atomic E-state index is -0.544. The third-order valence-corrected chi connectivity index (χ3v) is 1.71. The van der Waals surface area contributed by atoms with Crippen LogP contribution < -0.4 is 5.32 Å². The first kappa shape index (κ1) is 10.6. The van der Waals surface area contributed by atoms with Crippen molar-refractivity contribution in [3.8, 4) is 6.07 Å². The van der Waals surface area contributed by atoms with E-state index in [1.165, 1.54) is 12.1 Å². The zero-order valence-electron chi connectivity index (χ0n) is 7.35. The van der Waals surface area contributed by atoms with Gasteiger partial charge in [-0.3, -0.25) is 0 Å². The number of hydrogen-bond donors (Lipinski definition) is 1. The van der Waals surface area contributed by atoms with E-state index in [-0.39, 0.29) is 5.56 Å². The molecule has 1 aromatic rings. The lowest BCUT2D eigenvalue weighted by Crippen LogP contribution is -2.01. The highest BCUT2D eigenvalue weighted by molar-refractivity contribution is 6.29. The molecule has 0 atom stereocenters. The maximum absolute atomic E-state index is 13.1. The summed E-state index contributed by atoms with van der Waals surface area (Å²) in [4.78, 5) is 0. The molecule has 0 saturated heterocycles. The molecule has 0 unspecified atom stereocenters. The number of nitrogens with one attached hydrogen (secondary N) is 1. The quantitative estimate of drug-likeness (QED) is 0.833. The van der Waals surface area contributed by atoms with Crippen molar-refractivity contribution >= 4 is 17.3 Å². The number of benzene rings is 1. The van der Waals surface area contributed by atoms with Crippen LogP contribution in [0.25, 0.3) is 0 Å². The van der Waals surface area contributed by atoms with Crippen molar-refractivity contribution in [2.45, 2.75) is 0 Å². The largest absolute Gasteiger partial charge is 0.380 e. The summed E-state index contributed by atoms with van der Waals surface area (Å²) < 4.78 is 13.1. The lowest BCUT2D eigenvalue weighted by Gasteiger charge is -2.04. The van der Waals surface area contributed by atoms with Crippen LogP contribution >= 0.6 is 11.6 Å². The Morgan fingerprint density at radius 3 is 2.86 bits per heavy atom. The Morgan fingerprint density at radius 2 is 2.36 bits per heavy atom. The van der Waals surface area contributed by atoms with Gasteiger partial charge in [-0.25, -0.2) is 4.39 Å². The third kappa shape index (κ3) is 2.75. The molecule has 0 spiro atoms. The van der Waals surface area contributed by atoms with Gasteiger partial charge in [-0.1, -0.05) is 18.2 Å². The van der Waals surface area contributed by atoms with E-state index in [2.05, 4.69) is 11.9 Å². The molecule has 1 N–H and O–H groups in total. The molecule has 72 valence electrons. The van der Waals surface area contributed by atoms with Gasteiger partial charge in [0.15, 0.2) is 0 Å². The van der Waals surface area contributed by atoms with Crippen molar-refractivity contribution in [1.29, 1.82) is 5.26 Å². The van der Waals surface area contributed by atoms with Gasteiger partial charge in [0.05, 0.1) is 12.1 Å². The van der Waals surface area contributed by atoms with Gasteiger partial charge in [-0.15, -0.1) is 0 Å². The Labute approximate surface area is 86.6 Å². The van der Waals surface area contributed by atoms with Crippen LogP contribution in [0.1, 0.15) is 5.56 Å². The molecule has 2 nitrogen and oxygen atoms in total. The fraction of sp³-hybridized carbons (Fsp3) is 0.100. The average molecular weight is 211 g/mol. The van der Waals surface area contributed by atoms with Crippen LogP contribution in [0.3, 0.4) is 0 Å². The second-order valence-corrected chi connectivity index (χ2v) is 3.21. The summed E-state index contributed by atoms with van der Waals surface area (Å²) in [5.41, 5.74) is 0.601. The molecule has 0 saturated carbocycles. The number of rotatable bonds is 3. The monoisotopic (exact) mass is 210 g/mol. The Hall–Kier alpha value is -1.53. The van der Waals surface area contributed by atoms with Gasteiger partial charge >= 0.3 is 0 Å². The van der Waals surface area contributed by atoms with Crippen molar-refractivity contribution in [2.75, 3.05) is 11.9 Å². The summed E-state index contributed by atoms with van der Waals surface area (Å²) in [6.07, 6.45) is 0. The molecule has 0 aromatic heterocycles. The zero-order valence-corrected chi connectivity index (χ0v) is 8.11. The zero-order chi connectivity index (χ0) is 10.6. The molecule has 0 aliphatic rings. The fourth-order valence-corrected chi connectivity index (χ4v) is 0.981. The molecule has 1 aromatic carbocycles. The second kappa shape index (κ2) is 4.64. The molecule has 1 rings (SSSR count). The number of anilines is 1. The minimum absolute atomic E-state index is 0.0280. The summed E-state index contributed by atoms with van der Waals surface area (Å²) in [7, 11) is 0. The van der Waals surface area contributed by atoms with Gasteiger partial charge in [0.1, 0.15) is 11.9 Å². The van der Waals surface area contributed by atoms with Crippen molar-refractivity contribution in [3.63, 3.8) is 0 Å². The van der Waals surface area contributed by atoms with Crippen molar-refractivity contribution in [1.82, 2.24) is 0 Å². The van der Waals surface area contributed by atoms with E-state index >= 15 is 0 Å². The predicted molar refractivity (Wildman–Crippen MR) is 54.6 cm³/mol. The summed E-state index contributed by atoms with van der Waals surface area (Å²) in [5.74, 6) is -0.544. The van der Waals surface area contributed by atoms with Crippen LogP contribution in [0.5, 0.6) is 0 Å². The van der Waals surface area contributed by atoms with E-state index in [0.29, 0.717) is 17.3 Å². The minimum Gasteiger partial charge on any atom is -0.380 e. The predicted octanol–water partition coefficient (Wildman–Crippen LogP) is 2.86. The van der Waals surface area contributed by atoms with Gasteiger partial charge in [0, 0.05) is 10.7 Å². The van der Waals surface area contributed by atoms with Gasteiger partial charge in [0.25, 0.3) is 0 Å². The van der Waals surface area contributed by atoms with E-state index in [0.717, 1.165) is 0 Å². The molecule has 0 aliphatic heterocycles. The standard InChI is InChI=1S/C10H8ClFN2/c1-7(11)6-14-9-3-2-8(5-13)10(12)4-9/h2-4,14H,1,6H2. The lowest BCUT2D eigenvalue weighted by atomic mass is 10.2. The highest BCUT2D eigenvalue weighted by Gasteiger charge is 2.01. The summed E-state index contributed by atoms with van der Waals surface area (Å²) in [5, 5.41) is 11.8. The fourth-order valence-electron chi connectivity index (χ4n) is 0.914. The van der Waals surface area contributed by atoms with Crippen molar-refractivity contribution in [2.24, 2.45) is 0 Å². The van der Waals surface area contributed by atoms with Crippen LogP contribution in [0.4, 0.5) is 10.1 Å². The molecule has 4 heteroatoms. The molecule has 0 bridgehead atoms. The third-order valence-electron chi connectivity index (χ3n) is 1.57. The highest BCUT2D eigenvalue weighted by atomic mass is 35.5. The molecule has 0 amide bonds. The molecule has 0 heterocycles. The van der Waals surface area contributed by atoms with Gasteiger partial charge in [-0.2, -0.15) is 5.26 Å². The normalized spacial score (nSPS) is 9.21. The first-order valence-corrected chi connectivity index (χ1v) is 4.28. The van der Waals surface area contributed by atoms with Crippen LogP contribution in [0.2, 0.25) is 0 Å². The van der Waals surface area contributed by atoms with E-state index in [9.17, 15) is 4.39 Å². The Kier molecular flexibility index (Phi) is 3.49. The van der Waals surface area contributed by atoms with Gasteiger partial charge in [0.2, 0.25) is 0 Å². The molecule has 0 radical (unpaired) electrons. The van der Waals surface area contributed by atoms with Crippen molar-refractivity contribution in [3.05, 3.63) is 41.2 Å². The highest BCUT2D eigenvalue weighted by Crippen LogP contribution is 2.14. The molecule has 0 aliphatic carbocycles. The summed E-state index contributed by atoms with van der Waals surface area (Å²) in [6, 6.07) is 6.01. The first-order chi connectivity index (χ1) is 6.63. The molecule has 14 heavy (non-hydrogen) atoms. The van der Waals surface area contributed by atoms with E-state index in [1.807, 2.05) is 0 Å². The average Bonchev–Trinajstić information content (AvgIpc) is 2.15. The topological polar surface area (TPSA) is 35.8 Å². The number of halogens is 2. The SMILES string of the molecule is C=C(Cl)CNc1ccc(C#N)c(F)c1. The van der Waals surface area contributed by atoms with Crippen LogP contribution in [-0.4, -0.2) is 6.54 Å². The van der Waals surface area contributed by atoms with E-state index in [1.54, 1.807) is 12.1 Å². The summed E-state index contributed by atoms with van der Waals surface area (Å²) >= 11 is 5.52. The summed E-state index contributed by atoms with van der Waals surface area (Å²) in [6.45, 7) is 3.85. The van der Waals surface area contributed by atoms with E-state index < -0.39 is 5.82 Å². The molecule has 0 fully saturated rings. The van der Waals surface area contributed by atoms with E-state index in [4.69, 9.17) is 16.9 Å². The Balaban J connectivity index is 2.77. The maximum Gasteiger partial charge on any atom is 0.143 e. The number of nitrogens with zero attached hydrogens (tertiary/aromatic N) is 1. The van der Waals surface area contributed by atoms with Crippen LogP contribution in [-0.2, 0) is 0 Å². The Morgan fingerprint density at radius 1 is 1.64 bits per heavy atom. The lowest BCUT2D eigenvalue weighted by molar-refractivity contribution is 0.624. The smallest absolute Gasteiger partial charge is 0.143 e. The molecular weight excluding hydrogens is 203 g/mol. The van der Waals surface area contributed by atoms with Crippen LogP contribution in [0, 0.1) is 17.1 Å². The second-order valence-electron chi connectivity index (χ2n) is 2.68. The van der Waals surface area contributed by atoms with Crippen molar-refractivity contribution < 1.29 is 4.39 Å². The van der Waals surface area contributed by atoms with Crippen LogP contribution in [0.15, 0.2) is 29.8 Å². The van der Waals surface area contributed by atoms with Gasteiger partial charge in [-0.05, 0) is 18.2 Å². The Bertz CT molecular complexity index is 396. The first-order valence-electron chi connectivity index (χ1n) is 3.90. The maximum atomic E-state index is 13.1.